The van der Waals surface area contributed by atoms with Crippen molar-refractivity contribution in [1.82, 2.24) is 20.6 Å². The van der Waals surface area contributed by atoms with E-state index in [4.69, 9.17) is 33.1 Å². The van der Waals surface area contributed by atoms with E-state index in [2.05, 4.69) is 16.1 Å². The van der Waals surface area contributed by atoms with E-state index in [-0.39, 0.29) is 62.6 Å². The van der Waals surface area contributed by atoms with E-state index in [1.165, 1.54) is 17.5 Å². The molecule has 3 rings (SSSR count). The highest BCUT2D eigenvalue weighted by molar-refractivity contribution is 6.45. The van der Waals surface area contributed by atoms with Gasteiger partial charge in [-0.2, -0.15) is 0 Å². The Bertz CT molecular complexity index is 1410. The SMILES string of the molecule is CB(O)NNC(=O)CCOCCOCCOCCOCCNC(=O)COc1ccc(Cn2c(=O)oc3ccc(C)cc32)cc1O. The van der Waals surface area contributed by atoms with Gasteiger partial charge in [-0.3, -0.25) is 14.2 Å². The summed E-state index contributed by atoms with van der Waals surface area (Å²) in [5, 5.41) is 24.4. The Hall–Kier alpha value is -3.93. The third-order valence-electron chi connectivity index (χ3n) is 6.12. The first-order valence-electron chi connectivity index (χ1n) is 14.6. The minimum atomic E-state index is -0.825. The number of phenolic OH excluding ortho intramolecular Hbond substituents is 1. The highest BCUT2D eigenvalue weighted by Gasteiger charge is 2.12. The second-order valence-electron chi connectivity index (χ2n) is 9.93. The van der Waals surface area contributed by atoms with Crippen molar-refractivity contribution in [2.45, 2.75) is 26.7 Å². The van der Waals surface area contributed by atoms with Crippen LogP contribution in [-0.2, 0) is 35.1 Å². The van der Waals surface area contributed by atoms with Crippen molar-refractivity contribution < 1.29 is 47.8 Å². The molecule has 0 aliphatic heterocycles. The highest BCUT2D eigenvalue weighted by Crippen LogP contribution is 2.27. The minimum absolute atomic E-state index is 0.144. The summed E-state index contributed by atoms with van der Waals surface area (Å²) in [5.41, 5.74) is 5.16. The average molecular weight is 632 g/mol. The molecule has 3 aromatic rings. The number of nitrogens with zero attached hydrogens (tertiary/aromatic N) is 1. The van der Waals surface area contributed by atoms with E-state index in [0.717, 1.165) is 5.56 Å². The molecule has 5 N–H and O–H groups in total. The maximum atomic E-state index is 12.3. The molecule has 16 heteroatoms. The molecule has 15 nitrogen and oxygen atoms in total. The molecule has 0 aliphatic rings. The summed E-state index contributed by atoms with van der Waals surface area (Å²) in [5.74, 6) is -1.15. The third-order valence-corrected chi connectivity index (χ3v) is 6.12. The highest BCUT2D eigenvalue weighted by atomic mass is 16.6. The molecule has 0 aliphatic carbocycles. The number of aryl methyl sites for hydroxylation is 1. The summed E-state index contributed by atoms with van der Waals surface area (Å²) in [6, 6.07) is 10.2. The van der Waals surface area contributed by atoms with Crippen molar-refractivity contribution >= 4 is 30.0 Å². The monoisotopic (exact) mass is 632 g/mol. The number of hydrogen-bond donors (Lipinski definition) is 5. The Morgan fingerprint density at radius 1 is 0.911 bits per heavy atom. The van der Waals surface area contributed by atoms with E-state index in [9.17, 15) is 19.5 Å². The van der Waals surface area contributed by atoms with E-state index < -0.39 is 12.8 Å². The maximum absolute atomic E-state index is 12.3. The van der Waals surface area contributed by atoms with Crippen LogP contribution < -0.4 is 26.6 Å². The van der Waals surface area contributed by atoms with Crippen LogP contribution in [0.3, 0.4) is 0 Å². The molecule has 246 valence electrons. The van der Waals surface area contributed by atoms with Crippen LogP contribution in [0.15, 0.2) is 45.6 Å². The van der Waals surface area contributed by atoms with Crippen LogP contribution in [0.5, 0.6) is 11.5 Å². The van der Waals surface area contributed by atoms with Gasteiger partial charge in [0.15, 0.2) is 23.7 Å². The van der Waals surface area contributed by atoms with E-state index in [1.807, 2.05) is 19.1 Å². The first kappa shape index (κ1) is 35.6. The predicted octanol–water partition coefficient (Wildman–Crippen LogP) is 0.339. The van der Waals surface area contributed by atoms with Gasteiger partial charge in [0.25, 0.3) is 5.91 Å². The Morgan fingerprint density at radius 3 is 2.24 bits per heavy atom. The molecule has 0 unspecified atom stereocenters. The number of benzene rings is 2. The van der Waals surface area contributed by atoms with E-state index in [0.29, 0.717) is 56.3 Å². The molecular formula is C29H41BN4O11. The molecule has 0 fully saturated rings. The fourth-order valence-corrected chi connectivity index (χ4v) is 3.92. The number of rotatable bonds is 22. The number of aromatic nitrogens is 1. The number of amides is 2. The lowest BCUT2D eigenvalue weighted by atomic mass is 9.91. The molecule has 0 spiro atoms. The second kappa shape index (κ2) is 19.5. The second-order valence-corrected chi connectivity index (χ2v) is 9.93. The first-order chi connectivity index (χ1) is 21.7. The lowest BCUT2D eigenvalue weighted by Gasteiger charge is -2.11. The fourth-order valence-electron chi connectivity index (χ4n) is 3.92. The summed E-state index contributed by atoms with van der Waals surface area (Å²) < 4.78 is 33.7. The molecule has 1 heterocycles. The number of phenols is 1. The normalized spacial score (nSPS) is 11.1. The molecule has 2 aromatic carbocycles. The number of oxazole rings is 1. The van der Waals surface area contributed by atoms with Crippen LogP contribution in [0, 0.1) is 6.92 Å². The van der Waals surface area contributed by atoms with Gasteiger partial charge in [0, 0.05) is 6.54 Å². The number of fused-ring (bicyclic) bond motifs is 1. The Morgan fingerprint density at radius 2 is 1.58 bits per heavy atom. The van der Waals surface area contributed by atoms with E-state index >= 15 is 0 Å². The third kappa shape index (κ3) is 13.3. The molecule has 1 aromatic heterocycles. The van der Waals surface area contributed by atoms with Crippen molar-refractivity contribution in [1.29, 1.82) is 0 Å². The molecule has 0 saturated carbocycles. The van der Waals surface area contributed by atoms with Crippen LogP contribution >= 0.6 is 0 Å². The number of hydrazine groups is 1. The summed E-state index contributed by atoms with van der Waals surface area (Å²) in [4.78, 5) is 35.8. The first-order valence-corrected chi connectivity index (χ1v) is 14.6. The summed E-state index contributed by atoms with van der Waals surface area (Å²) in [6.07, 6.45) is 0.164. The van der Waals surface area contributed by atoms with Crippen LogP contribution in [0.1, 0.15) is 17.5 Å². The Balaban J connectivity index is 1.17. The quantitative estimate of drug-likeness (QED) is 0.0581. The van der Waals surface area contributed by atoms with Crippen molar-refractivity contribution in [3.8, 4) is 11.5 Å². The topological polar surface area (TPSA) is 192 Å². The van der Waals surface area contributed by atoms with Gasteiger partial charge in [-0.05, 0) is 49.1 Å². The van der Waals surface area contributed by atoms with Crippen molar-refractivity contribution in [3.05, 3.63) is 58.1 Å². The molecule has 45 heavy (non-hydrogen) atoms. The van der Waals surface area contributed by atoms with Gasteiger partial charge in [0.1, 0.15) is 0 Å². The van der Waals surface area contributed by atoms with Gasteiger partial charge in [-0.25, -0.2) is 10.1 Å². The molecule has 0 radical (unpaired) electrons. The molecule has 2 amide bonds. The number of aromatic hydroxyl groups is 1. The van der Waals surface area contributed by atoms with Crippen molar-refractivity contribution in [3.63, 3.8) is 0 Å². The van der Waals surface area contributed by atoms with Gasteiger partial charge < -0.3 is 49.0 Å². The number of carbonyl (C=O) groups excluding carboxylic acids is 2. The van der Waals surface area contributed by atoms with Gasteiger partial charge >= 0.3 is 12.8 Å². The number of carbonyl (C=O) groups is 2. The molecule has 0 saturated heterocycles. The van der Waals surface area contributed by atoms with Crippen LogP contribution in [0.25, 0.3) is 11.1 Å². The van der Waals surface area contributed by atoms with Crippen LogP contribution in [0.2, 0.25) is 6.82 Å². The van der Waals surface area contributed by atoms with Gasteiger partial charge in [0.2, 0.25) is 5.91 Å². The standard InChI is InChI=1S/C29H41BN4O11/c1-21-3-5-25-23(17-21)34(29(38)45-25)19-22-4-6-26(24(35)18-22)44-20-28(37)31-8-10-41-12-14-43-16-15-42-13-11-40-9-7-27(36)32-33-30(2)39/h3-6,17-18,33,35,39H,7-16,19-20H2,1-2H3,(H,31,37)(H,32,36). The molecule has 0 atom stereocenters. The maximum Gasteiger partial charge on any atom is 0.420 e. The summed E-state index contributed by atoms with van der Waals surface area (Å²) >= 11 is 0. The minimum Gasteiger partial charge on any atom is -0.504 e. The van der Waals surface area contributed by atoms with Crippen molar-refractivity contribution in [2.24, 2.45) is 0 Å². The average Bonchev–Trinajstić information content (AvgIpc) is 3.31. The van der Waals surface area contributed by atoms with E-state index in [1.54, 1.807) is 18.2 Å². The number of nitrogens with one attached hydrogen (secondary N) is 3. The van der Waals surface area contributed by atoms with Gasteiger partial charge in [-0.1, -0.05) is 12.1 Å². The number of hydrogen-bond acceptors (Lipinski definition) is 12. The zero-order chi connectivity index (χ0) is 32.4. The molecular weight excluding hydrogens is 591 g/mol. The van der Waals surface area contributed by atoms with Crippen LogP contribution in [-0.4, -0.2) is 99.6 Å². The number of ether oxygens (including phenoxy) is 5. The summed E-state index contributed by atoms with van der Waals surface area (Å²) in [7, 11) is -0.825. The lowest BCUT2D eigenvalue weighted by Crippen LogP contribution is -2.46. The summed E-state index contributed by atoms with van der Waals surface area (Å²) in [6.45, 7) is 6.34. The van der Waals surface area contributed by atoms with Crippen molar-refractivity contribution in [2.75, 3.05) is 66.0 Å². The van der Waals surface area contributed by atoms with Crippen LogP contribution in [0.4, 0.5) is 0 Å². The fraction of sp³-hybridized carbons (Fsp3) is 0.483. The zero-order valence-electron chi connectivity index (χ0n) is 25.5. The lowest BCUT2D eigenvalue weighted by molar-refractivity contribution is -0.123. The largest absolute Gasteiger partial charge is 0.504 e. The Labute approximate surface area is 260 Å². The van der Waals surface area contributed by atoms with Gasteiger partial charge in [0.05, 0.1) is 71.3 Å². The Kier molecular flexibility index (Phi) is 15.4. The smallest absolute Gasteiger partial charge is 0.420 e. The zero-order valence-corrected chi connectivity index (χ0v) is 25.5. The molecule has 0 bridgehead atoms. The predicted molar refractivity (Wildman–Crippen MR) is 164 cm³/mol. The van der Waals surface area contributed by atoms with Gasteiger partial charge in [-0.15, -0.1) is 0 Å².